The van der Waals surface area contributed by atoms with Crippen molar-refractivity contribution in [2.75, 3.05) is 0 Å². The van der Waals surface area contributed by atoms with Crippen LogP contribution >= 0.6 is 11.8 Å². The maximum Gasteiger partial charge on any atom is 0.446 e. The lowest BCUT2D eigenvalue weighted by Gasteiger charge is -2.17. The molecule has 0 saturated carbocycles. The molecule has 0 fully saturated rings. The fraction of sp³-hybridized carbons (Fsp3) is 0.294. The standard InChI is InChI=1S/C17H10F8O2S/c18-8-3-7(15(19)20)4-9(5-8)27-11-1-2-12(28-17(23,24)25)13-10(11)6-16(21,22)14(13)26/h1-5,14-15,26H,6H2/t14-/m0/s1. The van der Waals surface area contributed by atoms with Crippen LogP contribution in [0.5, 0.6) is 11.5 Å². The van der Waals surface area contributed by atoms with Crippen molar-refractivity contribution in [1.29, 1.82) is 0 Å². The van der Waals surface area contributed by atoms with Crippen LogP contribution in [-0.4, -0.2) is 16.5 Å². The van der Waals surface area contributed by atoms with Crippen LogP contribution in [0, 0.1) is 5.82 Å². The average molecular weight is 430 g/mol. The van der Waals surface area contributed by atoms with Gasteiger partial charge in [0.25, 0.3) is 12.3 Å². The smallest absolute Gasteiger partial charge is 0.446 e. The molecule has 2 aromatic carbocycles. The normalized spacial score (nSPS) is 18.4. The molecule has 0 spiro atoms. The van der Waals surface area contributed by atoms with Crippen molar-refractivity contribution in [2.24, 2.45) is 0 Å². The number of hydrogen-bond acceptors (Lipinski definition) is 3. The monoisotopic (exact) mass is 430 g/mol. The molecule has 11 heteroatoms. The summed E-state index contributed by atoms with van der Waals surface area (Å²) in [6.45, 7) is 0. The molecule has 1 aliphatic rings. The molecular formula is C17H10F8O2S. The summed E-state index contributed by atoms with van der Waals surface area (Å²) in [4.78, 5) is -0.632. The van der Waals surface area contributed by atoms with Gasteiger partial charge in [-0.2, -0.15) is 13.2 Å². The number of aliphatic hydroxyl groups excluding tert-OH is 1. The molecule has 2 aromatic rings. The molecule has 1 atom stereocenters. The zero-order valence-electron chi connectivity index (χ0n) is 13.5. The molecule has 2 nitrogen and oxygen atoms in total. The summed E-state index contributed by atoms with van der Waals surface area (Å²) in [5.41, 5.74) is -6.58. The molecule has 0 unspecified atom stereocenters. The zero-order valence-corrected chi connectivity index (χ0v) is 14.4. The third-order valence-electron chi connectivity index (χ3n) is 3.96. The van der Waals surface area contributed by atoms with Crippen LogP contribution in [0.2, 0.25) is 0 Å². The Morgan fingerprint density at radius 3 is 2.43 bits per heavy atom. The Bertz CT molecular complexity index is 897. The van der Waals surface area contributed by atoms with E-state index in [1.54, 1.807) is 0 Å². The van der Waals surface area contributed by atoms with Gasteiger partial charge in [0.15, 0.2) is 0 Å². The summed E-state index contributed by atoms with van der Waals surface area (Å²) in [6, 6.07) is 3.82. The Morgan fingerprint density at radius 1 is 1.14 bits per heavy atom. The minimum atomic E-state index is -4.79. The number of ether oxygens (including phenoxy) is 1. The minimum Gasteiger partial charge on any atom is -0.457 e. The zero-order chi connectivity index (χ0) is 20.9. The first-order valence-corrected chi connectivity index (χ1v) is 8.43. The Kier molecular flexibility index (Phi) is 5.26. The molecule has 3 rings (SSSR count). The molecule has 0 aliphatic heterocycles. The predicted octanol–water partition coefficient (Wildman–Crippen LogP) is 6.39. The van der Waals surface area contributed by atoms with E-state index in [2.05, 4.69) is 0 Å². The Hall–Kier alpha value is -2.01. The fourth-order valence-electron chi connectivity index (χ4n) is 2.85. The van der Waals surface area contributed by atoms with Crippen LogP contribution in [0.1, 0.15) is 29.2 Å². The van der Waals surface area contributed by atoms with Crippen LogP contribution < -0.4 is 4.74 Å². The first kappa shape index (κ1) is 20.7. The van der Waals surface area contributed by atoms with Gasteiger partial charge in [0.1, 0.15) is 23.4 Å². The maximum atomic E-state index is 13.9. The van der Waals surface area contributed by atoms with E-state index in [4.69, 9.17) is 4.74 Å². The van der Waals surface area contributed by atoms with Gasteiger partial charge in [-0.15, -0.1) is 0 Å². The lowest BCUT2D eigenvalue weighted by atomic mass is 10.1. The molecule has 0 amide bonds. The number of alkyl halides is 7. The topological polar surface area (TPSA) is 29.5 Å². The van der Waals surface area contributed by atoms with Crippen LogP contribution in [0.15, 0.2) is 35.2 Å². The fourth-order valence-corrected chi connectivity index (χ4v) is 3.58. The highest BCUT2D eigenvalue weighted by Crippen LogP contribution is 2.52. The van der Waals surface area contributed by atoms with E-state index in [1.165, 1.54) is 0 Å². The number of aliphatic hydroxyl groups is 1. The minimum absolute atomic E-state index is 0.386. The van der Waals surface area contributed by atoms with Gasteiger partial charge in [-0.1, -0.05) is 0 Å². The highest BCUT2D eigenvalue weighted by Gasteiger charge is 2.50. The second-order valence-electron chi connectivity index (χ2n) is 5.97. The first-order valence-electron chi connectivity index (χ1n) is 7.61. The van der Waals surface area contributed by atoms with Gasteiger partial charge >= 0.3 is 5.51 Å². The molecule has 0 saturated heterocycles. The molecule has 1 N–H and O–H groups in total. The molecule has 0 heterocycles. The number of fused-ring (bicyclic) bond motifs is 1. The number of benzene rings is 2. The third kappa shape index (κ3) is 4.19. The Morgan fingerprint density at radius 2 is 1.82 bits per heavy atom. The van der Waals surface area contributed by atoms with Gasteiger partial charge in [0, 0.05) is 34.1 Å². The Labute approximate surface area is 157 Å². The summed E-state index contributed by atoms with van der Waals surface area (Å²) < 4.78 is 110. The van der Waals surface area contributed by atoms with Crippen LogP contribution in [-0.2, 0) is 6.42 Å². The number of hydrogen-bond donors (Lipinski definition) is 1. The van der Waals surface area contributed by atoms with E-state index < -0.39 is 75.3 Å². The van der Waals surface area contributed by atoms with Gasteiger partial charge in [0.2, 0.25) is 0 Å². The van der Waals surface area contributed by atoms with Crippen molar-refractivity contribution >= 4 is 11.8 Å². The van der Waals surface area contributed by atoms with Gasteiger partial charge in [-0.3, -0.25) is 0 Å². The van der Waals surface area contributed by atoms with E-state index in [-0.39, 0.29) is 5.75 Å². The molecule has 0 radical (unpaired) electrons. The van der Waals surface area contributed by atoms with E-state index >= 15 is 0 Å². The number of rotatable bonds is 4. The van der Waals surface area contributed by atoms with E-state index in [9.17, 15) is 40.2 Å². The lowest BCUT2D eigenvalue weighted by molar-refractivity contribution is -0.0977. The van der Waals surface area contributed by atoms with Crippen LogP contribution in [0.4, 0.5) is 35.1 Å². The quantitative estimate of drug-likeness (QED) is 0.450. The Balaban J connectivity index is 2.05. The summed E-state index contributed by atoms with van der Waals surface area (Å²) in [7, 11) is 0. The van der Waals surface area contributed by atoms with Crippen molar-refractivity contribution in [3.8, 4) is 11.5 Å². The second-order valence-corrected chi connectivity index (χ2v) is 7.07. The third-order valence-corrected chi connectivity index (χ3v) is 4.77. The summed E-state index contributed by atoms with van der Waals surface area (Å²) >= 11 is -0.674. The second kappa shape index (κ2) is 7.11. The molecule has 1 aliphatic carbocycles. The van der Waals surface area contributed by atoms with Crippen molar-refractivity contribution in [1.82, 2.24) is 0 Å². The van der Waals surface area contributed by atoms with Gasteiger partial charge in [0.05, 0.1) is 0 Å². The van der Waals surface area contributed by atoms with Crippen molar-refractivity contribution in [2.45, 2.75) is 35.3 Å². The molecular weight excluding hydrogens is 420 g/mol. The van der Waals surface area contributed by atoms with Crippen molar-refractivity contribution in [3.05, 3.63) is 52.8 Å². The summed E-state index contributed by atoms with van der Waals surface area (Å²) in [5, 5.41) is 9.79. The highest BCUT2D eigenvalue weighted by molar-refractivity contribution is 8.00. The average Bonchev–Trinajstić information content (AvgIpc) is 2.79. The maximum absolute atomic E-state index is 13.9. The molecule has 28 heavy (non-hydrogen) atoms. The van der Waals surface area contributed by atoms with E-state index in [0.717, 1.165) is 24.3 Å². The molecule has 0 bridgehead atoms. The lowest BCUT2D eigenvalue weighted by Crippen LogP contribution is -2.21. The van der Waals surface area contributed by atoms with Crippen LogP contribution in [0.3, 0.4) is 0 Å². The van der Waals surface area contributed by atoms with Gasteiger partial charge in [-0.05, 0) is 36.0 Å². The SMILES string of the molecule is O[C@H]1c2c(SC(F)(F)F)ccc(Oc3cc(F)cc(C(F)F)c3)c2CC1(F)F. The highest BCUT2D eigenvalue weighted by atomic mass is 32.2. The first-order chi connectivity index (χ1) is 12.9. The molecule has 0 aromatic heterocycles. The van der Waals surface area contributed by atoms with E-state index in [1.807, 2.05) is 0 Å². The van der Waals surface area contributed by atoms with Gasteiger partial charge in [-0.25, -0.2) is 22.0 Å². The largest absolute Gasteiger partial charge is 0.457 e. The number of thioether (sulfide) groups is 1. The van der Waals surface area contributed by atoms with E-state index in [0.29, 0.717) is 6.07 Å². The molecule has 152 valence electrons. The summed E-state index contributed by atoms with van der Waals surface area (Å²) in [5.74, 6) is -5.65. The van der Waals surface area contributed by atoms with Crippen molar-refractivity contribution < 1.29 is 45.0 Å². The van der Waals surface area contributed by atoms with Crippen LogP contribution in [0.25, 0.3) is 0 Å². The van der Waals surface area contributed by atoms with Gasteiger partial charge < -0.3 is 9.84 Å². The van der Waals surface area contributed by atoms with Crippen molar-refractivity contribution in [3.63, 3.8) is 0 Å². The summed E-state index contributed by atoms with van der Waals surface area (Å²) in [6.07, 6.45) is -6.65. The number of halogens is 8. The predicted molar refractivity (Wildman–Crippen MR) is 83.4 cm³/mol.